The van der Waals surface area contributed by atoms with Gasteiger partial charge in [-0.05, 0) is 12.5 Å². The van der Waals surface area contributed by atoms with Crippen LogP contribution in [0.15, 0.2) is 6.20 Å². The van der Waals surface area contributed by atoms with Gasteiger partial charge in [0.2, 0.25) is 0 Å². The lowest BCUT2D eigenvalue weighted by Gasteiger charge is -2.04. The van der Waals surface area contributed by atoms with Gasteiger partial charge in [-0.15, -0.1) is 0 Å². The van der Waals surface area contributed by atoms with Crippen molar-refractivity contribution in [3.63, 3.8) is 0 Å². The van der Waals surface area contributed by atoms with Crippen LogP contribution in [0.2, 0.25) is 10.0 Å². The molecule has 0 fully saturated rings. The van der Waals surface area contributed by atoms with Gasteiger partial charge in [-0.1, -0.05) is 23.2 Å². The monoisotopic (exact) mass is 211 g/mol. The molecule has 0 N–H and O–H groups in total. The summed E-state index contributed by atoms with van der Waals surface area (Å²) in [5.41, 5.74) is 0.123. The van der Waals surface area contributed by atoms with Gasteiger partial charge in [-0.25, -0.2) is 8.78 Å². The van der Waals surface area contributed by atoms with Crippen LogP contribution in [0.25, 0.3) is 0 Å². The average molecular weight is 212 g/mol. The minimum atomic E-state index is -2.68. The maximum Gasteiger partial charge on any atom is 0.281 e. The van der Waals surface area contributed by atoms with Crippen LogP contribution in [-0.2, 0) is 0 Å². The van der Waals surface area contributed by atoms with Gasteiger partial charge in [0.1, 0.15) is 5.69 Å². The molecule has 0 radical (unpaired) electrons. The van der Waals surface area contributed by atoms with E-state index in [1.165, 1.54) is 6.20 Å². The predicted molar refractivity (Wildman–Crippen MR) is 44.0 cm³/mol. The van der Waals surface area contributed by atoms with Crippen molar-refractivity contribution in [1.82, 2.24) is 4.98 Å². The molecule has 0 aliphatic rings. The smallest absolute Gasteiger partial charge is 0.253 e. The third-order valence-corrected chi connectivity index (χ3v) is 2.33. The number of hydrogen-bond acceptors (Lipinski definition) is 1. The number of halogens is 4. The van der Waals surface area contributed by atoms with Crippen molar-refractivity contribution in [3.8, 4) is 0 Å². The quantitative estimate of drug-likeness (QED) is 0.692. The van der Waals surface area contributed by atoms with Gasteiger partial charge in [0.05, 0.1) is 10.0 Å². The number of aryl methyl sites for hydroxylation is 1. The first-order chi connectivity index (χ1) is 5.54. The summed E-state index contributed by atoms with van der Waals surface area (Å²) < 4.78 is 24.3. The van der Waals surface area contributed by atoms with Crippen molar-refractivity contribution in [1.29, 1.82) is 0 Å². The van der Waals surface area contributed by atoms with Crippen LogP contribution < -0.4 is 0 Å². The Morgan fingerprint density at radius 3 is 2.42 bits per heavy atom. The van der Waals surface area contributed by atoms with Crippen LogP contribution in [0, 0.1) is 6.92 Å². The molecule has 1 heterocycles. The molecular weight excluding hydrogens is 207 g/mol. The minimum Gasteiger partial charge on any atom is -0.253 e. The zero-order valence-corrected chi connectivity index (χ0v) is 7.63. The molecule has 12 heavy (non-hydrogen) atoms. The van der Waals surface area contributed by atoms with Gasteiger partial charge in [0, 0.05) is 6.20 Å². The molecule has 0 aliphatic carbocycles. The molecule has 0 aromatic carbocycles. The fourth-order valence-corrected chi connectivity index (χ4v) is 1.14. The highest BCUT2D eigenvalue weighted by atomic mass is 35.5. The van der Waals surface area contributed by atoms with E-state index in [4.69, 9.17) is 23.2 Å². The lowest BCUT2D eigenvalue weighted by molar-refractivity contribution is 0.146. The van der Waals surface area contributed by atoms with Crippen molar-refractivity contribution in [2.75, 3.05) is 0 Å². The van der Waals surface area contributed by atoms with E-state index in [0.29, 0.717) is 5.56 Å². The number of aromatic nitrogens is 1. The first kappa shape index (κ1) is 9.68. The molecular formula is C7H5Cl2F2N. The molecule has 1 aromatic rings. The van der Waals surface area contributed by atoms with E-state index >= 15 is 0 Å². The molecule has 0 saturated carbocycles. The third-order valence-electron chi connectivity index (χ3n) is 1.37. The topological polar surface area (TPSA) is 12.9 Å². The van der Waals surface area contributed by atoms with E-state index in [2.05, 4.69) is 4.98 Å². The zero-order chi connectivity index (χ0) is 9.30. The summed E-state index contributed by atoms with van der Waals surface area (Å²) in [5.74, 6) is 0. The van der Waals surface area contributed by atoms with Crippen LogP contribution >= 0.6 is 23.2 Å². The Hall–Kier alpha value is -0.410. The van der Waals surface area contributed by atoms with Crippen LogP contribution in [0.3, 0.4) is 0 Å². The largest absolute Gasteiger partial charge is 0.281 e. The van der Waals surface area contributed by atoms with Crippen molar-refractivity contribution >= 4 is 23.2 Å². The normalized spacial score (nSPS) is 10.8. The molecule has 1 rings (SSSR count). The molecule has 0 unspecified atom stereocenters. The summed E-state index contributed by atoms with van der Waals surface area (Å²) in [6, 6.07) is 0. The second kappa shape index (κ2) is 3.54. The fraction of sp³-hybridized carbons (Fsp3) is 0.286. The summed E-state index contributed by atoms with van der Waals surface area (Å²) in [5, 5.41) is -0.0198. The molecule has 0 amide bonds. The molecule has 0 spiro atoms. The second-order valence-electron chi connectivity index (χ2n) is 2.26. The van der Waals surface area contributed by atoms with E-state index in [0.717, 1.165) is 0 Å². The highest BCUT2D eigenvalue weighted by Gasteiger charge is 2.16. The Balaban J connectivity index is 3.27. The molecule has 0 saturated heterocycles. The zero-order valence-electron chi connectivity index (χ0n) is 6.11. The van der Waals surface area contributed by atoms with Crippen LogP contribution in [0.1, 0.15) is 17.7 Å². The van der Waals surface area contributed by atoms with Crippen molar-refractivity contribution < 1.29 is 8.78 Å². The van der Waals surface area contributed by atoms with E-state index in [9.17, 15) is 8.78 Å². The highest BCUT2D eigenvalue weighted by Crippen LogP contribution is 2.32. The molecule has 0 atom stereocenters. The highest BCUT2D eigenvalue weighted by molar-refractivity contribution is 6.42. The lowest BCUT2D eigenvalue weighted by Crippen LogP contribution is -1.93. The summed E-state index contributed by atoms with van der Waals surface area (Å²) in [6.45, 7) is 1.65. The molecule has 0 bridgehead atoms. The fourth-order valence-electron chi connectivity index (χ4n) is 0.717. The SMILES string of the molecule is Cc1cnc(C(F)F)c(Cl)c1Cl. The van der Waals surface area contributed by atoms with Gasteiger partial charge in [-0.3, -0.25) is 4.98 Å². The van der Waals surface area contributed by atoms with E-state index in [1.54, 1.807) is 6.92 Å². The number of hydrogen-bond donors (Lipinski definition) is 0. The minimum absolute atomic E-state index is 0.141. The lowest BCUT2D eigenvalue weighted by atomic mass is 10.3. The van der Waals surface area contributed by atoms with Crippen molar-refractivity contribution in [2.45, 2.75) is 13.3 Å². The van der Waals surface area contributed by atoms with E-state index < -0.39 is 12.1 Å². The van der Waals surface area contributed by atoms with Gasteiger partial charge in [-0.2, -0.15) is 0 Å². The molecule has 0 aliphatic heterocycles. The predicted octanol–water partition coefficient (Wildman–Crippen LogP) is 3.63. The van der Waals surface area contributed by atoms with Gasteiger partial charge in [0.25, 0.3) is 6.43 Å². The Kier molecular flexibility index (Phi) is 2.85. The molecule has 5 heteroatoms. The summed E-state index contributed by atoms with van der Waals surface area (Å²) in [6.07, 6.45) is -1.41. The molecule has 1 nitrogen and oxygen atoms in total. The van der Waals surface area contributed by atoms with Crippen LogP contribution in [0.5, 0.6) is 0 Å². The van der Waals surface area contributed by atoms with Crippen LogP contribution in [-0.4, -0.2) is 4.98 Å². The average Bonchev–Trinajstić information content (AvgIpc) is 2.00. The first-order valence-corrected chi connectivity index (χ1v) is 3.88. The Bertz CT molecular complexity index is 302. The number of alkyl halides is 2. The Labute approximate surface area is 78.3 Å². The molecule has 66 valence electrons. The number of rotatable bonds is 1. The Morgan fingerprint density at radius 2 is 1.92 bits per heavy atom. The van der Waals surface area contributed by atoms with Gasteiger partial charge < -0.3 is 0 Å². The summed E-state index contributed by atoms with van der Waals surface area (Å²) >= 11 is 11.1. The van der Waals surface area contributed by atoms with Crippen molar-refractivity contribution in [2.24, 2.45) is 0 Å². The second-order valence-corrected chi connectivity index (χ2v) is 3.01. The summed E-state index contributed by atoms with van der Waals surface area (Å²) in [4.78, 5) is 3.47. The maximum atomic E-state index is 12.1. The first-order valence-electron chi connectivity index (χ1n) is 3.12. The van der Waals surface area contributed by atoms with Gasteiger partial charge in [0.15, 0.2) is 0 Å². The Morgan fingerprint density at radius 1 is 1.33 bits per heavy atom. The molecule has 1 aromatic heterocycles. The summed E-state index contributed by atoms with van der Waals surface area (Å²) in [7, 11) is 0. The van der Waals surface area contributed by atoms with Crippen molar-refractivity contribution in [3.05, 3.63) is 27.5 Å². The van der Waals surface area contributed by atoms with Crippen LogP contribution in [0.4, 0.5) is 8.78 Å². The van der Waals surface area contributed by atoms with Gasteiger partial charge >= 0.3 is 0 Å². The van der Waals surface area contributed by atoms with E-state index in [-0.39, 0.29) is 10.0 Å². The number of nitrogens with zero attached hydrogens (tertiary/aromatic N) is 1. The number of pyridine rings is 1. The van der Waals surface area contributed by atoms with E-state index in [1.807, 2.05) is 0 Å². The maximum absolute atomic E-state index is 12.1. The third kappa shape index (κ3) is 1.67. The standard InChI is InChI=1S/C7H5Cl2F2N/c1-3-2-12-6(7(10)11)5(9)4(3)8/h2,7H,1H3.